The Labute approximate surface area is 117 Å². The van der Waals surface area contributed by atoms with E-state index in [2.05, 4.69) is 11.2 Å². The van der Waals surface area contributed by atoms with Crippen LogP contribution < -0.4 is 5.32 Å². The Morgan fingerprint density at radius 2 is 2.15 bits per heavy atom. The molecule has 1 aliphatic heterocycles. The third-order valence-corrected chi connectivity index (χ3v) is 3.17. The minimum absolute atomic E-state index is 0.120. The summed E-state index contributed by atoms with van der Waals surface area (Å²) in [6.45, 7) is 0.457. The number of carbonyl (C=O) groups is 2. The number of carbonyl (C=O) groups excluding carboxylic acids is 2. The van der Waals surface area contributed by atoms with Crippen molar-refractivity contribution in [1.82, 2.24) is 10.2 Å². The summed E-state index contributed by atoms with van der Waals surface area (Å²) >= 11 is 0. The van der Waals surface area contributed by atoms with Gasteiger partial charge >= 0.3 is 0 Å². The average Bonchev–Trinajstić information content (AvgIpc) is 2.86. The highest BCUT2D eigenvalue weighted by molar-refractivity contribution is 5.90. The molecule has 1 N–H and O–H groups in total. The smallest absolute Gasteiger partial charge is 0.246 e. The molecule has 1 saturated heterocycles. The summed E-state index contributed by atoms with van der Waals surface area (Å²) in [6, 6.07) is 5.39. The zero-order valence-electron chi connectivity index (χ0n) is 10.9. The standard InChI is InChI=1S/C15H15FN2O2/c1-2-9-18(10-11-3-5-12(16)6-4-11)15(20)13-7-8-14(19)17-13/h1,3-6,13H,7-10H2,(H,17,19). The van der Waals surface area contributed by atoms with Gasteiger partial charge in [0.05, 0.1) is 6.54 Å². The molecule has 0 radical (unpaired) electrons. The number of nitrogens with zero attached hydrogens (tertiary/aromatic N) is 1. The molecule has 0 saturated carbocycles. The lowest BCUT2D eigenvalue weighted by molar-refractivity contribution is -0.134. The zero-order valence-corrected chi connectivity index (χ0v) is 10.9. The molecule has 4 nitrogen and oxygen atoms in total. The molecule has 1 heterocycles. The summed E-state index contributed by atoms with van der Waals surface area (Å²) in [5.41, 5.74) is 0.791. The summed E-state index contributed by atoms with van der Waals surface area (Å²) in [5.74, 6) is 1.79. The zero-order chi connectivity index (χ0) is 14.5. The molecule has 1 fully saturated rings. The van der Waals surface area contributed by atoms with Gasteiger partial charge in [0.25, 0.3) is 0 Å². The lowest BCUT2D eigenvalue weighted by Gasteiger charge is -2.23. The summed E-state index contributed by atoms with van der Waals surface area (Å²) in [7, 11) is 0. The quantitative estimate of drug-likeness (QED) is 0.835. The van der Waals surface area contributed by atoms with Gasteiger partial charge in [-0.1, -0.05) is 18.1 Å². The Morgan fingerprint density at radius 3 is 2.70 bits per heavy atom. The van der Waals surface area contributed by atoms with Gasteiger partial charge in [-0.2, -0.15) is 0 Å². The first kappa shape index (κ1) is 14.1. The van der Waals surface area contributed by atoms with Crippen molar-refractivity contribution in [2.75, 3.05) is 6.54 Å². The first-order valence-electron chi connectivity index (χ1n) is 6.36. The van der Waals surface area contributed by atoms with Crippen LogP contribution in [0.3, 0.4) is 0 Å². The fourth-order valence-electron chi connectivity index (χ4n) is 2.15. The third kappa shape index (κ3) is 3.35. The predicted molar refractivity (Wildman–Crippen MR) is 71.8 cm³/mol. The van der Waals surface area contributed by atoms with Crippen LogP contribution in [0.25, 0.3) is 0 Å². The van der Waals surface area contributed by atoms with Crippen molar-refractivity contribution in [3.63, 3.8) is 0 Å². The van der Waals surface area contributed by atoms with Gasteiger partial charge in [0.15, 0.2) is 0 Å². The molecule has 5 heteroatoms. The molecule has 104 valence electrons. The second-order valence-corrected chi connectivity index (χ2v) is 4.68. The number of hydrogen-bond acceptors (Lipinski definition) is 2. The second-order valence-electron chi connectivity index (χ2n) is 4.68. The van der Waals surface area contributed by atoms with E-state index >= 15 is 0 Å². The monoisotopic (exact) mass is 274 g/mol. The van der Waals surface area contributed by atoms with Crippen LogP contribution in [-0.4, -0.2) is 29.3 Å². The summed E-state index contributed by atoms with van der Waals surface area (Å²) < 4.78 is 12.9. The minimum Gasteiger partial charge on any atom is -0.344 e. The normalized spacial score (nSPS) is 17.4. The largest absolute Gasteiger partial charge is 0.344 e. The first-order chi connectivity index (χ1) is 9.60. The van der Waals surface area contributed by atoms with Crippen molar-refractivity contribution in [3.8, 4) is 12.3 Å². The maximum absolute atomic E-state index is 12.9. The first-order valence-corrected chi connectivity index (χ1v) is 6.36. The SMILES string of the molecule is C#CCN(Cc1ccc(F)cc1)C(=O)C1CCC(=O)N1. The van der Waals surface area contributed by atoms with Crippen molar-refractivity contribution in [2.24, 2.45) is 0 Å². The molecule has 0 bridgehead atoms. The Kier molecular flexibility index (Phi) is 4.36. The molecule has 1 aliphatic rings. The van der Waals surface area contributed by atoms with E-state index in [4.69, 9.17) is 6.42 Å². The Balaban J connectivity index is 2.06. The van der Waals surface area contributed by atoms with Gasteiger partial charge in [-0.25, -0.2) is 4.39 Å². The van der Waals surface area contributed by atoms with Gasteiger partial charge in [0.1, 0.15) is 11.9 Å². The Bertz CT molecular complexity index is 548. The van der Waals surface area contributed by atoms with E-state index in [9.17, 15) is 14.0 Å². The van der Waals surface area contributed by atoms with Crippen molar-refractivity contribution in [2.45, 2.75) is 25.4 Å². The van der Waals surface area contributed by atoms with Gasteiger partial charge in [-0.05, 0) is 24.1 Å². The molecule has 0 aromatic heterocycles. The van der Waals surface area contributed by atoms with Crippen molar-refractivity contribution in [1.29, 1.82) is 0 Å². The van der Waals surface area contributed by atoms with Gasteiger partial charge in [0.2, 0.25) is 11.8 Å². The molecule has 1 unspecified atom stereocenters. The molecule has 20 heavy (non-hydrogen) atoms. The van der Waals surface area contributed by atoms with E-state index in [1.807, 2.05) is 0 Å². The van der Waals surface area contributed by atoms with E-state index < -0.39 is 6.04 Å². The number of benzene rings is 1. The fraction of sp³-hybridized carbons (Fsp3) is 0.333. The van der Waals surface area contributed by atoms with Gasteiger partial charge < -0.3 is 10.2 Å². The highest BCUT2D eigenvalue weighted by atomic mass is 19.1. The van der Waals surface area contributed by atoms with Crippen LogP contribution in [0.1, 0.15) is 18.4 Å². The molecule has 1 aromatic carbocycles. The maximum Gasteiger partial charge on any atom is 0.246 e. The highest BCUT2D eigenvalue weighted by Crippen LogP contribution is 2.13. The van der Waals surface area contributed by atoms with Crippen molar-refractivity contribution in [3.05, 3.63) is 35.6 Å². The number of rotatable bonds is 4. The molecule has 2 amide bonds. The van der Waals surface area contributed by atoms with Crippen LogP contribution in [0.4, 0.5) is 4.39 Å². The predicted octanol–water partition coefficient (Wildman–Crippen LogP) is 1.07. The van der Waals surface area contributed by atoms with Gasteiger partial charge in [0, 0.05) is 13.0 Å². The van der Waals surface area contributed by atoms with Crippen molar-refractivity contribution < 1.29 is 14.0 Å². The lowest BCUT2D eigenvalue weighted by Crippen LogP contribution is -2.44. The number of amides is 2. The summed E-state index contributed by atoms with van der Waals surface area (Å²) in [5, 5.41) is 2.63. The molecular formula is C15H15FN2O2. The Hall–Kier alpha value is -2.35. The number of halogens is 1. The van der Waals surface area contributed by atoms with Crippen LogP contribution in [0.15, 0.2) is 24.3 Å². The maximum atomic E-state index is 12.9. The molecule has 0 aliphatic carbocycles. The van der Waals surface area contributed by atoms with E-state index in [0.29, 0.717) is 19.4 Å². The molecule has 1 atom stereocenters. The van der Waals surface area contributed by atoms with Gasteiger partial charge in [-0.15, -0.1) is 6.42 Å². The second kappa shape index (κ2) is 6.20. The fourth-order valence-corrected chi connectivity index (χ4v) is 2.15. The third-order valence-electron chi connectivity index (χ3n) is 3.17. The van der Waals surface area contributed by atoms with E-state index in [1.165, 1.54) is 17.0 Å². The number of hydrogen-bond donors (Lipinski definition) is 1. The van der Waals surface area contributed by atoms with Crippen LogP contribution in [-0.2, 0) is 16.1 Å². The van der Waals surface area contributed by atoms with Crippen molar-refractivity contribution >= 4 is 11.8 Å². The summed E-state index contributed by atoms with van der Waals surface area (Å²) in [6.07, 6.45) is 6.13. The van der Waals surface area contributed by atoms with E-state index in [0.717, 1.165) is 5.56 Å². The van der Waals surface area contributed by atoms with Crippen LogP contribution in [0.2, 0.25) is 0 Å². The lowest BCUT2D eigenvalue weighted by atomic mass is 10.1. The van der Waals surface area contributed by atoms with E-state index in [-0.39, 0.29) is 24.2 Å². The minimum atomic E-state index is -0.503. The molecule has 0 spiro atoms. The van der Waals surface area contributed by atoms with E-state index in [1.54, 1.807) is 12.1 Å². The topological polar surface area (TPSA) is 49.4 Å². The highest BCUT2D eigenvalue weighted by Gasteiger charge is 2.30. The molecule has 2 rings (SSSR count). The number of nitrogens with one attached hydrogen (secondary N) is 1. The van der Waals surface area contributed by atoms with Gasteiger partial charge in [-0.3, -0.25) is 9.59 Å². The average molecular weight is 274 g/mol. The van der Waals surface area contributed by atoms with Crippen LogP contribution >= 0.6 is 0 Å². The molecular weight excluding hydrogens is 259 g/mol. The molecule has 1 aromatic rings. The van der Waals surface area contributed by atoms with Crippen LogP contribution in [0.5, 0.6) is 0 Å². The number of terminal acetylenes is 1. The Morgan fingerprint density at radius 1 is 1.45 bits per heavy atom. The van der Waals surface area contributed by atoms with Crippen LogP contribution in [0, 0.1) is 18.2 Å². The summed E-state index contributed by atoms with van der Waals surface area (Å²) in [4.78, 5) is 25.0.